The van der Waals surface area contributed by atoms with Gasteiger partial charge in [-0.25, -0.2) is 0 Å². The summed E-state index contributed by atoms with van der Waals surface area (Å²) in [5, 5.41) is 10.9. The number of nitrogen functional groups attached to an aromatic ring is 1. The molecule has 7 heteroatoms. The zero-order valence-corrected chi connectivity index (χ0v) is 12.0. The molecule has 0 bridgehead atoms. The largest absolute Gasteiger partial charge is 0.339 e. The first-order chi connectivity index (χ1) is 10.0. The molecule has 0 unspecified atom stereocenters. The number of nitrogens with zero attached hydrogens (tertiary/aromatic N) is 2. The zero-order valence-electron chi connectivity index (χ0n) is 12.0. The summed E-state index contributed by atoms with van der Waals surface area (Å²) in [6, 6.07) is 4.45. The summed E-state index contributed by atoms with van der Waals surface area (Å²) in [5.74, 6) is 5.17. The number of nitrogens with one attached hydrogen (secondary N) is 1. The molecule has 1 aliphatic rings. The number of benzene rings is 1. The van der Waals surface area contributed by atoms with E-state index in [1.807, 2.05) is 0 Å². The highest BCUT2D eigenvalue weighted by atomic mass is 16.6. The van der Waals surface area contributed by atoms with E-state index in [0.717, 1.165) is 25.7 Å². The lowest BCUT2D eigenvalue weighted by Crippen LogP contribution is -2.38. The average molecular weight is 292 g/mol. The molecule has 21 heavy (non-hydrogen) atoms. The molecule has 1 aromatic carbocycles. The zero-order chi connectivity index (χ0) is 15.4. The second kappa shape index (κ2) is 6.53. The van der Waals surface area contributed by atoms with Gasteiger partial charge in [0.2, 0.25) is 0 Å². The number of hydrogen-bond acceptors (Lipinski definition) is 5. The van der Waals surface area contributed by atoms with Gasteiger partial charge in [-0.1, -0.05) is 19.3 Å². The summed E-state index contributed by atoms with van der Waals surface area (Å²) in [5.41, 5.74) is 2.68. The van der Waals surface area contributed by atoms with Crippen LogP contribution in [0.1, 0.15) is 42.5 Å². The highest BCUT2D eigenvalue weighted by Crippen LogP contribution is 2.27. The molecular weight excluding hydrogens is 272 g/mol. The molecule has 1 amide bonds. The van der Waals surface area contributed by atoms with E-state index < -0.39 is 4.92 Å². The maximum atomic E-state index is 12.5. The lowest BCUT2D eigenvalue weighted by molar-refractivity contribution is -0.384. The molecule has 0 aliphatic heterocycles. The summed E-state index contributed by atoms with van der Waals surface area (Å²) in [4.78, 5) is 24.5. The van der Waals surface area contributed by atoms with Crippen molar-refractivity contribution in [3.8, 4) is 0 Å². The van der Waals surface area contributed by atoms with Gasteiger partial charge >= 0.3 is 0 Å². The first kappa shape index (κ1) is 15.2. The lowest BCUT2D eigenvalue weighted by Gasteiger charge is -2.31. The van der Waals surface area contributed by atoms with Crippen LogP contribution in [0.3, 0.4) is 0 Å². The topological polar surface area (TPSA) is 102 Å². The fraction of sp³-hybridized carbons (Fsp3) is 0.500. The predicted molar refractivity (Wildman–Crippen MR) is 79.9 cm³/mol. The van der Waals surface area contributed by atoms with Crippen LogP contribution in [-0.4, -0.2) is 28.8 Å². The molecule has 1 saturated carbocycles. The van der Waals surface area contributed by atoms with Crippen molar-refractivity contribution in [2.75, 3.05) is 12.5 Å². The van der Waals surface area contributed by atoms with E-state index in [9.17, 15) is 14.9 Å². The van der Waals surface area contributed by atoms with Crippen molar-refractivity contribution >= 4 is 17.3 Å². The van der Waals surface area contributed by atoms with Gasteiger partial charge in [0.05, 0.1) is 4.92 Å². The number of rotatable bonds is 4. The van der Waals surface area contributed by atoms with E-state index in [-0.39, 0.29) is 23.3 Å². The molecule has 0 radical (unpaired) electrons. The Hall–Kier alpha value is -2.15. The number of nitro groups is 1. The Morgan fingerprint density at radius 2 is 2.05 bits per heavy atom. The molecular formula is C14H20N4O3. The van der Waals surface area contributed by atoms with Crippen LogP contribution in [0, 0.1) is 10.1 Å². The minimum atomic E-state index is -0.533. The lowest BCUT2D eigenvalue weighted by atomic mass is 9.94. The van der Waals surface area contributed by atoms with E-state index >= 15 is 0 Å². The summed E-state index contributed by atoms with van der Waals surface area (Å²) >= 11 is 0. The third-order valence-electron chi connectivity index (χ3n) is 4.04. The number of amides is 1. The Balaban J connectivity index is 2.20. The first-order valence-corrected chi connectivity index (χ1v) is 7.07. The minimum absolute atomic E-state index is 0.131. The van der Waals surface area contributed by atoms with Gasteiger partial charge < -0.3 is 10.3 Å². The number of carbonyl (C=O) groups excluding carboxylic acids is 1. The Labute approximate surface area is 123 Å². The van der Waals surface area contributed by atoms with E-state index in [1.165, 1.54) is 24.6 Å². The van der Waals surface area contributed by atoms with Crippen molar-refractivity contribution < 1.29 is 9.72 Å². The number of nitrogens with two attached hydrogens (primary N) is 1. The summed E-state index contributed by atoms with van der Waals surface area (Å²) in [7, 11) is 1.79. The van der Waals surface area contributed by atoms with E-state index in [1.54, 1.807) is 11.9 Å². The molecule has 0 saturated heterocycles. The van der Waals surface area contributed by atoms with Crippen molar-refractivity contribution in [3.05, 3.63) is 33.9 Å². The number of anilines is 1. The van der Waals surface area contributed by atoms with Crippen LogP contribution < -0.4 is 11.3 Å². The fourth-order valence-corrected chi connectivity index (χ4v) is 2.78. The monoisotopic (exact) mass is 292 g/mol. The van der Waals surface area contributed by atoms with Gasteiger partial charge in [-0.2, -0.15) is 0 Å². The summed E-state index contributed by atoms with van der Waals surface area (Å²) in [6.45, 7) is 0. The standard InChI is InChI=1S/C14H20N4O3/c1-17(11-5-3-2-4-6-11)14(19)10-7-8-13(18(20)21)12(9-10)16-15/h7-9,11,16H,2-6,15H2,1H3. The molecule has 3 N–H and O–H groups in total. The Morgan fingerprint density at radius 3 is 2.62 bits per heavy atom. The van der Waals surface area contributed by atoms with Crippen molar-refractivity contribution in [2.45, 2.75) is 38.1 Å². The molecule has 114 valence electrons. The summed E-state index contributed by atoms with van der Waals surface area (Å²) < 4.78 is 0. The number of carbonyl (C=O) groups is 1. The fourth-order valence-electron chi connectivity index (χ4n) is 2.78. The van der Waals surface area contributed by atoms with Gasteiger partial charge in [0.25, 0.3) is 11.6 Å². The molecule has 1 aromatic rings. The van der Waals surface area contributed by atoms with Crippen molar-refractivity contribution in [1.29, 1.82) is 0 Å². The van der Waals surface area contributed by atoms with E-state index in [2.05, 4.69) is 5.43 Å². The Kier molecular flexibility index (Phi) is 4.74. The Bertz CT molecular complexity index is 541. The maximum Gasteiger partial charge on any atom is 0.293 e. The number of hydrazine groups is 1. The van der Waals surface area contributed by atoms with E-state index in [0.29, 0.717) is 5.56 Å². The van der Waals surface area contributed by atoms with Gasteiger partial charge in [-0.3, -0.25) is 20.8 Å². The van der Waals surface area contributed by atoms with Crippen LogP contribution in [0.5, 0.6) is 0 Å². The normalized spacial score (nSPS) is 15.5. The minimum Gasteiger partial charge on any atom is -0.339 e. The molecule has 1 fully saturated rings. The van der Waals surface area contributed by atoms with Crippen molar-refractivity contribution in [2.24, 2.45) is 5.84 Å². The van der Waals surface area contributed by atoms with Crippen LogP contribution in [0.4, 0.5) is 11.4 Å². The third kappa shape index (κ3) is 3.30. The van der Waals surface area contributed by atoms with Gasteiger partial charge in [0.1, 0.15) is 5.69 Å². The van der Waals surface area contributed by atoms with Crippen LogP contribution in [0.25, 0.3) is 0 Å². The quantitative estimate of drug-likeness (QED) is 0.503. The highest BCUT2D eigenvalue weighted by molar-refractivity contribution is 5.96. The molecule has 0 aromatic heterocycles. The molecule has 2 rings (SSSR count). The first-order valence-electron chi connectivity index (χ1n) is 7.07. The number of hydrogen-bond donors (Lipinski definition) is 2. The van der Waals surface area contributed by atoms with E-state index in [4.69, 9.17) is 5.84 Å². The maximum absolute atomic E-state index is 12.5. The molecule has 7 nitrogen and oxygen atoms in total. The predicted octanol–water partition coefficient (Wildman–Crippen LogP) is 2.29. The second-order valence-corrected chi connectivity index (χ2v) is 5.34. The molecule has 0 heterocycles. The van der Waals surface area contributed by atoms with Gasteiger partial charge in [-0.05, 0) is 25.0 Å². The summed E-state index contributed by atoms with van der Waals surface area (Å²) in [6.07, 6.45) is 5.52. The van der Waals surface area contributed by atoms with Gasteiger partial charge in [-0.15, -0.1) is 0 Å². The van der Waals surface area contributed by atoms with Crippen LogP contribution in [-0.2, 0) is 0 Å². The molecule has 0 spiro atoms. The highest BCUT2D eigenvalue weighted by Gasteiger charge is 2.24. The molecule has 0 atom stereocenters. The van der Waals surface area contributed by atoms with Crippen LogP contribution in [0.15, 0.2) is 18.2 Å². The van der Waals surface area contributed by atoms with Gasteiger partial charge in [0.15, 0.2) is 0 Å². The van der Waals surface area contributed by atoms with Crippen LogP contribution >= 0.6 is 0 Å². The molecule has 1 aliphatic carbocycles. The number of nitro benzene ring substituents is 1. The van der Waals surface area contributed by atoms with Gasteiger partial charge in [0, 0.05) is 24.7 Å². The second-order valence-electron chi connectivity index (χ2n) is 5.34. The third-order valence-corrected chi connectivity index (χ3v) is 4.04. The van der Waals surface area contributed by atoms with Crippen LogP contribution in [0.2, 0.25) is 0 Å². The average Bonchev–Trinajstić information content (AvgIpc) is 2.53. The Morgan fingerprint density at radius 1 is 1.38 bits per heavy atom. The van der Waals surface area contributed by atoms with Crippen molar-refractivity contribution in [3.63, 3.8) is 0 Å². The SMILES string of the molecule is CN(C(=O)c1ccc([N+](=O)[O-])c(NN)c1)C1CCCCC1. The smallest absolute Gasteiger partial charge is 0.293 e. The van der Waals surface area contributed by atoms with Crippen molar-refractivity contribution in [1.82, 2.24) is 4.90 Å².